The molecule has 0 radical (unpaired) electrons. The van der Waals surface area contributed by atoms with Gasteiger partial charge >= 0.3 is 0 Å². The van der Waals surface area contributed by atoms with Crippen LogP contribution < -0.4 is 10.5 Å². The van der Waals surface area contributed by atoms with E-state index in [1.165, 1.54) is 7.11 Å². The Hall–Kier alpha value is -0.930. The first-order valence-electron chi connectivity index (χ1n) is 4.92. The van der Waals surface area contributed by atoms with Gasteiger partial charge in [0.15, 0.2) is 11.5 Å². The highest BCUT2D eigenvalue weighted by atomic mass is 35.5. The molecule has 0 amide bonds. The van der Waals surface area contributed by atoms with Gasteiger partial charge in [0, 0.05) is 5.56 Å². The molecule has 3 N–H and O–H groups in total. The van der Waals surface area contributed by atoms with Gasteiger partial charge in [-0.25, -0.2) is 0 Å². The van der Waals surface area contributed by atoms with E-state index in [1.807, 2.05) is 6.92 Å². The van der Waals surface area contributed by atoms with Gasteiger partial charge in [-0.05, 0) is 31.0 Å². The lowest BCUT2D eigenvalue weighted by Crippen LogP contribution is -2.05. The molecule has 0 unspecified atom stereocenters. The Bertz CT molecular complexity index is 325. The zero-order chi connectivity index (χ0) is 11.4. The van der Waals surface area contributed by atoms with Crippen LogP contribution in [0.2, 0.25) is 5.02 Å². The highest BCUT2D eigenvalue weighted by molar-refractivity contribution is 6.32. The molecule has 1 aromatic carbocycles. The lowest BCUT2D eigenvalue weighted by Gasteiger charge is -2.13. The average Bonchev–Trinajstić information content (AvgIpc) is 2.25. The van der Waals surface area contributed by atoms with E-state index in [1.54, 1.807) is 6.07 Å². The lowest BCUT2D eigenvalue weighted by atomic mass is 10.0. The molecule has 0 aliphatic heterocycles. The zero-order valence-electron chi connectivity index (χ0n) is 9.01. The molecule has 1 aromatic rings. The molecule has 0 heterocycles. The number of aryl methyl sites for hydroxylation is 1. The number of hydrogen-bond acceptors (Lipinski definition) is 3. The fraction of sp³-hybridized carbons (Fsp3) is 0.455. The zero-order valence-corrected chi connectivity index (χ0v) is 9.77. The minimum Gasteiger partial charge on any atom is -0.504 e. The maximum absolute atomic E-state index is 9.86. The van der Waals surface area contributed by atoms with Crippen molar-refractivity contribution in [3.63, 3.8) is 0 Å². The molecular formula is C11H16ClNO2. The van der Waals surface area contributed by atoms with Crippen molar-refractivity contribution >= 4 is 11.6 Å². The third kappa shape index (κ3) is 2.36. The second-order valence-corrected chi connectivity index (χ2v) is 3.65. The molecule has 0 bridgehead atoms. The molecule has 84 valence electrons. The van der Waals surface area contributed by atoms with Crippen LogP contribution in [-0.2, 0) is 12.8 Å². The maximum atomic E-state index is 9.86. The van der Waals surface area contributed by atoms with E-state index in [-0.39, 0.29) is 5.75 Å². The molecule has 0 aliphatic carbocycles. The van der Waals surface area contributed by atoms with Gasteiger partial charge in [0.2, 0.25) is 0 Å². The molecule has 0 saturated carbocycles. The summed E-state index contributed by atoms with van der Waals surface area (Å²) in [6, 6.07) is 1.76. The van der Waals surface area contributed by atoms with Gasteiger partial charge in [-0.3, -0.25) is 0 Å². The number of benzene rings is 1. The number of phenols is 1. The quantitative estimate of drug-likeness (QED) is 0.832. The second kappa shape index (κ2) is 5.24. The maximum Gasteiger partial charge on any atom is 0.162 e. The van der Waals surface area contributed by atoms with Gasteiger partial charge in [0.05, 0.1) is 12.1 Å². The Morgan fingerprint density at radius 2 is 2.20 bits per heavy atom. The Morgan fingerprint density at radius 3 is 2.67 bits per heavy atom. The van der Waals surface area contributed by atoms with Gasteiger partial charge in [0.25, 0.3) is 0 Å². The third-order valence-corrected chi connectivity index (χ3v) is 2.84. The van der Waals surface area contributed by atoms with Gasteiger partial charge < -0.3 is 15.6 Å². The predicted molar refractivity (Wildman–Crippen MR) is 61.8 cm³/mol. The smallest absolute Gasteiger partial charge is 0.162 e. The molecule has 0 fully saturated rings. The third-order valence-electron chi connectivity index (χ3n) is 2.37. The number of rotatable bonds is 4. The van der Waals surface area contributed by atoms with Crippen molar-refractivity contribution in [3.05, 3.63) is 22.2 Å². The highest BCUT2D eigenvalue weighted by Gasteiger charge is 2.15. The second-order valence-electron chi connectivity index (χ2n) is 3.27. The van der Waals surface area contributed by atoms with E-state index in [2.05, 4.69) is 0 Å². The summed E-state index contributed by atoms with van der Waals surface area (Å²) in [7, 11) is 1.52. The molecule has 15 heavy (non-hydrogen) atoms. The van der Waals surface area contributed by atoms with Gasteiger partial charge in [0.1, 0.15) is 0 Å². The normalized spacial score (nSPS) is 10.4. The summed E-state index contributed by atoms with van der Waals surface area (Å²) in [6.07, 6.45) is 1.35. The summed E-state index contributed by atoms with van der Waals surface area (Å²) in [5, 5.41) is 10.5. The molecule has 0 aromatic heterocycles. The van der Waals surface area contributed by atoms with Gasteiger partial charge in [-0.1, -0.05) is 18.5 Å². The van der Waals surface area contributed by atoms with Crippen LogP contribution in [0.1, 0.15) is 18.1 Å². The Balaban J connectivity index is 3.32. The van der Waals surface area contributed by atoms with Crippen LogP contribution in [0.4, 0.5) is 0 Å². The van der Waals surface area contributed by atoms with Crippen LogP contribution in [0, 0.1) is 0 Å². The molecule has 0 spiro atoms. The number of phenolic OH excluding ortho intramolecular Hbond substituents is 1. The van der Waals surface area contributed by atoms with E-state index in [4.69, 9.17) is 22.1 Å². The van der Waals surface area contributed by atoms with Crippen LogP contribution in [0.25, 0.3) is 0 Å². The van der Waals surface area contributed by atoms with E-state index in [0.717, 1.165) is 12.0 Å². The number of ether oxygens (including phenoxy) is 1. The average molecular weight is 230 g/mol. The highest BCUT2D eigenvalue weighted by Crippen LogP contribution is 2.38. The van der Waals surface area contributed by atoms with E-state index in [9.17, 15) is 5.11 Å². The fourth-order valence-electron chi connectivity index (χ4n) is 1.52. The van der Waals surface area contributed by atoms with E-state index < -0.39 is 0 Å². The first kappa shape index (κ1) is 12.1. The van der Waals surface area contributed by atoms with E-state index in [0.29, 0.717) is 29.3 Å². The molecular weight excluding hydrogens is 214 g/mol. The van der Waals surface area contributed by atoms with Crippen molar-refractivity contribution in [2.24, 2.45) is 5.73 Å². The van der Waals surface area contributed by atoms with Crippen LogP contribution in [0.15, 0.2) is 6.07 Å². The van der Waals surface area contributed by atoms with Crippen molar-refractivity contribution in [1.29, 1.82) is 0 Å². The Labute approximate surface area is 94.8 Å². The summed E-state index contributed by atoms with van der Waals surface area (Å²) >= 11 is 6.15. The summed E-state index contributed by atoms with van der Waals surface area (Å²) in [5.41, 5.74) is 7.11. The first-order chi connectivity index (χ1) is 7.15. The first-order valence-corrected chi connectivity index (χ1v) is 5.30. The molecule has 1 rings (SSSR count). The largest absolute Gasteiger partial charge is 0.504 e. The van der Waals surface area contributed by atoms with Crippen LogP contribution >= 0.6 is 11.6 Å². The van der Waals surface area contributed by atoms with Gasteiger partial charge in [-0.15, -0.1) is 0 Å². The van der Waals surface area contributed by atoms with Crippen molar-refractivity contribution in [3.8, 4) is 11.5 Å². The molecule has 0 saturated heterocycles. The topological polar surface area (TPSA) is 55.5 Å². The number of methoxy groups -OCH3 is 1. The molecule has 0 atom stereocenters. The summed E-state index contributed by atoms with van der Waals surface area (Å²) in [4.78, 5) is 0. The predicted octanol–water partition coefficient (Wildman–Crippen LogP) is 2.12. The van der Waals surface area contributed by atoms with Crippen LogP contribution in [0.5, 0.6) is 11.5 Å². The van der Waals surface area contributed by atoms with Crippen molar-refractivity contribution < 1.29 is 9.84 Å². The standard InChI is InChI=1S/C11H16ClNO2/c1-3-7-6-9(15-2)11(14)8(4-5-13)10(7)12/h6,14H,3-5,13H2,1-2H3. The minimum absolute atomic E-state index is 0.102. The Kier molecular flexibility index (Phi) is 4.24. The number of halogens is 1. The van der Waals surface area contributed by atoms with Crippen molar-refractivity contribution in [2.45, 2.75) is 19.8 Å². The number of hydrogen-bond donors (Lipinski definition) is 2. The van der Waals surface area contributed by atoms with Crippen LogP contribution in [0.3, 0.4) is 0 Å². The van der Waals surface area contributed by atoms with Crippen molar-refractivity contribution in [1.82, 2.24) is 0 Å². The molecule has 4 heteroatoms. The SMILES string of the molecule is CCc1cc(OC)c(O)c(CCN)c1Cl. The summed E-state index contributed by atoms with van der Waals surface area (Å²) in [5.74, 6) is 0.560. The summed E-state index contributed by atoms with van der Waals surface area (Å²) in [6.45, 7) is 2.45. The fourth-order valence-corrected chi connectivity index (χ4v) is 1.89. The number of nitrogens with two attached hydrogens (primary N) is 1. The van der Waals surface area contributed by atoms with Gasteiger partial charge in [-0.2, -0.15) is 0 Å². The lowest BCUT2D eigenvalue weighted by molar-refractivity contribution is 0.370. The minimum atomic E-state index is 0.102. The molecule has 3 nitrogen and oxygen atoms in total. The van der Waals surface area contributed by atoms with E-state index >= 15 is 0 Å². The monoisotopic (exact) mass is 229 g/mol. The number of aromatic hydroxyl groups is 1. The van der Waals surface area contributed by atoms with Crippen molar-refractivity contribution in [2.75, 3.05) is 13.7 Å². The Morgan fingerprint density at radius 1 is 1.53 bits per heavy atom. The van der Waals surface area contributed by atoms with Crippen LogP contribution in [-0.4, -0.2) is 18.8 Å². The summed E-state index contributed by atoms with van der Waals surface area (Å²) < 4.78 is 5.08. The molecule has 0 aliphatic rings.